The minimum Gasteiger partial charge on any atom is -0.369 e. The predicted molar refractivity (Wildman–Crippen MR) is 123 cm³/mol. The number of H-pyrrole nitrogens is 1. The van der Waals surface area contributed by atoms with Crippen LogP contribution in [0.4, 0.5) is 5.69 Å². The number of aromatic amines is 1. The van der Waals surface area contributed by atoms with Crippen LogP contribution in [0.1, 0.15) is 28.0 Å². The fourth-order valence-electron chi connectivity index (χ4n) is 4.11. The minimum atomic E-state index is -0.349. The predicted octanol–water partition coefficient (Wildman–Crippen LogP) is 2.76. The first-order valence-electron chi connectivity index (χ1n) is 10.7. The lowest BCUT2D eigenvalue weighted by molar-refractivity contribution is -0.122. The molecule has 0 saturated carbocycles. The molecule has 0 unspecified atom stereocenters. The Hall–Kier alpha value is -3.32. The van der Waals surface area contributed by atoms with Crippen LogP contribution in [0.5, 0.6) is 0 Å². The van der Waals surface area contributed by atoms with Crippen molar-refractivity contribution in [1.82, 2.24) is 20.7 Å². The van der Waals surface area contributed by atoms with E-state index in [4.69, 9.17) is 0 Å². The van der Waals surface area contributed by atoms with Gasteiger partial charge in [0.15, 0.2) is 0 Å². The Balaban J connectivity index is 1.21. The summed E-state index contributed by atoms with van der Waals surface area (Å²) in [5.74, 6) is -0.542. The molecular weight excluding hydrogens is 390 g/mol. The van der Waals surface area contributed by atoms with Gasteiger partial charge >= 0.3 is 0 Å². The standard InChI is InChI=1S/C24H29N5O2/c1-17-14-18(2)20-16-22(25-21(20)15-17)24(31)27-26-23(30)8-9-28-10-12-29(13-11-28)19-6-4-3-5-7-19/h3-7,14-16,25H,8-13H2,1-2H3,(H,26,30)(H,27,31). The second-order valence-electron chi connectivity index (χ2n) is 8.14. The van der Waals surface area contributed by atoms with Gasteiger partial charge in [-0.25, -0.2) is 0 Å². The van der Waals surface area contributed by atoms with Crippen LogP contribution in [-0.2, 0) is 4.79 Å². The molecule has 162 valence electrons. The number of aromatic nitrogens is 1. The Morgan fingerprint density at radius 3 is 2.45 bits per heavy atom. The number of carbonyl (C=O) groups excluding carboxylic acids is 2. The Morgan fingerprint density at radius 1 is 0.968 bits per heavy atom. The normalized spacial score (nSPS) is 14.6. The number of aryl methyl sites for hydroxylation is 2. The van der Waals surface area contributed by atoms with Crippen molar-refractivity contribution in [2.45, 2.75) is 20.3 Å². The highest BCUT2D eigenvalue weighted by molar-refractivity contribution is 5.99. The molecule has 4 rings (SSSR count). The smallest absolute Gasteiger partial charge is 0.286 e. The molecule has 1 aliphatic rings. The quantitative estimate of drug-likeness (QED) is 0.556. The number of hydrogen-bond donors (Lipinski definition) is 3. The maximum atomic E-state index is 12.4. The zero-order valence-electron chi connectivity index (χ0n) is 18.1. The van der Waals surface area contributed by atoms with E-state index < -0.39 is 0 Å². The summed E-state index contributed by atoms with van der Waals surface area (Å²) < 4.78 is 0. The van der Waals surface area contributed by atoms with E-state index in [9.17, 15) is 9.59 Å². The van der Waals surface area contributed by atoms with E-state index in [0.717, 1.165) is 48.2 Å². The van der Waals surface area contributed by atoms with Crippen LogP contribution in [-0.4, -0.2) is 54.4 Å². The van der Waals surface area contributed by atoms with Gasteiger partial charge in [-0.3, -0.25) is 25.3 Å². The van der Waals surface area contributed by atoms with Crippen LogP contribution < -0.4 is 15.8 Å². The first-order valence-corrected chi connectivity index (χ1v) is 10.7. The molecule has 2 heterocycles. The number of piperazine rings is 1. The maximum Gasteiger partial charge on any atom is 0.286 e. The highest BCUT2D eigenvalue weighted by atomic mass is 16.2. The molecule has 7 heteroatoms. The van der Waals surface area contributed by atoms with E-state index in [-0.39, 0.29) is 11.8 Å². The van der Waals surface area contributed by atoms with Crippen molar-refractivity contribution in [2.75, 3.05) is 37.6 Å². The first kappa shape index (κ1) is 20.9. The second kappa shape index (κ2) is 9.22. The average Bonchev–Trinajstić information content (AvgIpc) is 3.21. The van der Waals surface area contributed by atoms with Crippen LogP contribution in [0.15, 0.2) is 48.5 Å². The Morgan fingerprint density at radius 2 is 1.71 bits per heavy atom. The van der Waals surface area contributed by atoms with Crippen LogP contribution >= 0.6 is 0 Å². The van der Waals surface area contributed by atoms with Gasteiger partial charge in [-0.15, -0.1) is 0 Å². The highest BCUT2D eigenvalue weighted by Gasteiger charge is 2.18. The largest absolute Gasteiger partial charge is 0.369 e. The molecule has 1 aliphatic heterocycles. The van der Waals surface area contributed by atoms with Crippen molar-refractivity contribution in [3.63, 3.8) is 0 Å². The number of amides is 2. The van der Waals surface area contributed by atoms with Crippen LogP contribution in [0.3, 0.4) is 0 Å². The molecule has 0 bridgehead atoms. The van der Waals surface area contributed by atoms with Gasteiger partial charge < -0.3 is 9.88 Å². The van der Waals surface area contributed by atoms with E-state index in [2.05, 4.69) is 56.0 Å². The molecule has 0 spiro atoms. The lowest BCUT2D eigenvalue weighted by atomic mass is 10.1. The molecule has 1 saturated heterocycles. The van der Waals surface area contributed by atoms with Crippen LogP contribution in [0.2, 0.25) is 0 Å². The van der Waals surface area contributed by atoms with Gasteiger partial charge in [-0.2, -0.15) is 0 Å². The van der Waals surface area contributed by atoms with Crippen molar-refractivity contribution in [2.24, 2.45) is 0 Å². The van der Waals surface area contributed by atoms with Crippen molar-refractivity contribution >= 4 is 28.4 Å². The molecule has 3 aromatic rings. The van der Waals surface area contributed by atoms with Crippen molar-refractivity contribution in [3.8, 4) is 0 Å². The third-order valence-electron chi connectivity index (χ3n) is 5.80. The van der Waals surface area contributed by atoms with Gasteiger partial charge in [0.1, 0.15) is 5.69 Å². The molecule has 1 fully saturated rings. The summed E-state index contributed by atoms with van der Waals surface area (Å²) in [7, 11) is 0. The fourth-order valence-corrected chi connectivity index (χ4v) is 4.11. The summed E-state index contributed by atoms with van der Waals surface area (Å²) in [4.78, 5) is 32.4. The number of nitrogens with one attached hydrogen (secondary N) is 3. The third-order valence-corrected chi connectivity index (χ3v) is 5.80. The fraction of sp³-hybridized carbons (Fsp3) is 0.333. The zero-order valence-corrected chi connectivity index (χ0v) is 18.1. The van der Waals surface area contributed by atoms with Crippen molar-refractivity contribution in [3.05, 3.63) is 65.4 Å². The lowest BCUT2D eigenvalue weighted by Gasteiger charge is -2.36. The summed E-state index contributed by atoms with van der Waals surface area (Å²) in [6, 6.07) is 16.3. The number of para-hydroxylation sites is 1. The highest BCUT2D eigenvalue weighted by Crippen LogP contribution is 2.21. The van der Waals surface area contributed by atoms with Crippen LogP contribution in [0.25, 0.3) is 10.9 Å². The molecule has 0 aliphatic carbocycles. The molecule has 1 aromatic heterocycles. The molecule has 0 atom stereocenters. The molecule has 31 heavy (non-hydrogen) atoms. The van der Waals surface area contributed by atoms with Gasteiger partial charge in [-0.1, -0.05) is 24.3 Å². The van der Waals surface area contributed by atoms with Crippen molar-refractivity contribution in [1.29, 1.82) is 0 Å². The van der Waals surface area contributed by atoms with Crippen molar-refractivity contribution < 1.29 is 9.59 Å². The summed E-state index contributed by atoms with van der Waals surface area (Å²) in [5.41, 5.74) is 9.88. The summed E-state index contributed by atoms with van der Waals surface area (Å²) in [6.07, 6.45) is 0.344. The van der Waals surface area contributed by atoms with Gasteiger partial charge in [0.2, 0.25) is 5.91 Å². The van der Waals surface area contributed by atoms with E-state index in [0.29, 0.717) is 18.7 Å². The molecule has 3 N–H and O–H groups in total. The SMILES string of the molecule is Cc1cc(C)c2cc(C(=O)NNC(=O)CCN3CCN(c4ccccc4)CC3)[nH]c2c1. The minimum absolute atomic E-state index is 0.193. The van der Waals surface area contributed by atoms with E-state index in [1.807, 2.05) is 32.0 Å². The summed E-state index contributed by atoms with van der Waals surface area (Å²) in [5, 5.41) is 1.01. The molecule has 2 aromatic carbocycles. The zero-order chi connectivity index (χ0) is 21.8. The molecular formula is C24H29N5O2. The molecule has 7 nitrogen and oxygen atoms in total. The number of benzene rings is 2. The second-order valence-corrected chi connectivity index (χ2v) is 8.14. The maximum absolute atomic E-state index is 12.4. The summed E-state index contributed by atoms with van der Waals surface area (Å²) in [6.45, 7) is 8.45. The first-order chi connectivity index (χ1) is 15.0. The van der Waals surface area contributed by atoms with E-state index in [1.54, 1.807) is 0 Å². The Kier molecular flexibility index (Phi) is 6.23. The van der Waals surface area contributed by atoms with Gasteiger partial charge in [-0.05, 0) is 49.2 Å². The molecule has 2 amide bonds. The number of anilines is 1. The average molecular weight is 420 g/mol. The number of hydrogen-bond acceptors (Lipinski definition) is 4. The van der Waals surface area contributed by atoms with Gasteiger partial charge in [0.25, 0.3) is 5.91 Å². The van der Waals surface area contributed by atoms with E-state index in [1.165, 1.54) is 5.69 Å². The Bertz CT molecular complexity index is 1070. The number of fused-ring (bicyclic) bond motifs is 1. The monoisotopic (exact) mass is 419 g/mol. The van der Waals surface area contributed by atoms with E-state index >= 15 is 0 Å². The Labute approximate surface area is 182 Å². The number of hydrazine groups is 1. The topological polar surface area (TPSA) is 80.5 Å². The lowest BCUT2D eigenvalue weighted by Crippen LogP contribution is -2.48. The van der Waals surface area contributed by atoms with Gasteiger partial charge in [0, 0.05) is 55.7 Å². The summed E-state index contributed by atoms with van der Waals surface area (Å²) >= 11 is 0. The van der Waals surface area contributed by atoms with Crippen LogP contribution in [0, 0.1) is 13.8 Å². The number of rotatable bonds is 5. The third kappa shape index (κ3) is 5.06. The number of nitrogens with zero attached hydrogens (tertiary/aromatic N) is 2. The molecule has 0 radical (unpaired) electrons. The number of carbonyl (C=O) groups is 2. The van der Waals surface area contributed by atoms with Gasteiger partial charge in [0.05, 0.1) is 0 Å².